The second-order valence-corrected chi connectivity index (χ2v) is 4.07. The van der Waals surface area contributed by atoms with Crippen molar-refractivity contribution in [3.8, 4) is 5.75 Å². The molecule has 0 spiro atoms. The van der Waals surface area contributed by atoms with E-state index >= 15 is 0 Å². The summed E-state index contributed by atoms with van der Waals surface area (Å²) in [6.45, 7) is 3.49. The number of nitrogens with two attached hydrogens (primary N) is 1. The smallest absolute Gasteiger partial charge is 0.124 e. The normalized spacial score (nSPS) is 14.5. The molecule has 0 unspecified atom stereocenters. The van der Waals surface area contributed by atoms with E-state index in [9.17, 15) is 0 Å². The van der Waals surface area contributed by atoms with Crippen molar-refractivity contribution in [1.29, 1.82) is 0 Å². The van der Waals surface area contributed by atoms with E-state index in [1.165, 1.54) is 18.4 Å². The third-order valence-corrected chi connectivity index (χ3v) is 2.61. The zero-order valence-corrected chi connectivity index (χ0v) is 9.85. The third kappa shape index (κ3) is 3.40. The van der Waals surface area contributed by atoms with Gasteiger partial charge in [-0.15, -0.1) is 12.4 Å². The number of hydrogen-bond acceptors (Lipinski definition) is 2. The molecule has 84 valence electrons. The van der Waals surface area contributed by atoms with Crippen molar-refractivity contribution < 1.29 is 4.74 Å². The first-order chi connectivity index (χ1) is 6.79. The maximum absolute atomic E-state index is 5.75. The van der Waals surface area contributed by atoms with Gasteiger partial charge in [0.1, 0.15) is 5.75 Å². The van der Waals surface area contributed by atoms with Gasteiger partial charge in [0.15, 0.2) is 0 Å². The first-order valence-corrected chi connectivity index (χ1v) is 5.22. The van der Waals surface area contributed by atoms with Crippen molar-refractivity contribution in [2.75, 3.05) is 6.61 Å². The highest BCUT2D eigenvalue weighted by molar-refractivity contribution is 5.85. The van der Waals surface area contributed by atoms with Crippen LogP contribution in [0.15, 0.2) is 18.2 Å². The second-order valence-electron chi connectivity index (χ2n) is 4.07. The first-order valence-electron chi connectivity index (χ1n) is 5.22. The van der Waals surface area contributed by atoms with E-state index < -0.39 is 0 Å². The lowest BCUT2D eigenvalue weighted by atomic mass is 10.1. The van der Waals surface area contributed by atoms with E-state index in [1.54, 1.807) is 0 Å². The highest BCUT2D eigenvalue weighted by Gasteiger charge is 2.22. The molecule has 0 radical (unpaired) electrons. The van der Waals surface area contributed by atoms with Gasteiger partial charge in [-0.2, -0.15) is 0 Å². The highest BCUT2D eigenvalue weighted by atomic mass is 35.5. The minimum Gasteiger partial charge on any atom is -0.493 e. The summed E-state index contributed by atoms with van der Waals surface area (Å²) in [5.41, 5.74) is 7.98. The van der Waals surface area contributed by atoms with Crippen LogP contribution in [-0.4, -0.2) is 6.61 Å². The van der Waals surface area contributed by atoms with Crippen LogP contribution in [0.4, 0.5) is 0 Å². The van der Waals surface area contributed by atoms with Crippen LogP contribution in [0.2, 0.25) is 0 Å². The number of hydrogen-bond donors (Lipinski definition) is 1. The van der Waals surface area contributed by atoms with Crippen LogP contribution in [-0.2, 0) is 6.54 Å². The monoisotopic (exact) mass is 227 g/mol. The lowest BCUT2D eigenvalue weighted by molar-refractivity contribution is 0.296. The van der Waals surface area contributed by atoms with E-state index in [2.05, 4.69) is 25.1 Å². The van der Waals surface area contributed by atoms with Crippen LogP contribution in [0, 0.1) is 12.8 Å². The minimum atomic E-state index is 0. The Hall–Kier alpha value is -0.730. The van der Waals surface area contributed by atoms with Crippen LogP contribution in [0.25, 0.3) is 0 Å². The minimum absolute atomic E-state index is 0. The van der Waals surface area contributed by atoms with Gasteiger partial charge in [-0.05, 0) is 37.3 Å². The molecule has 15 heavy (non-hydrogen) atoms. The van der Waals surface area contributed by atoms with Crippen molar-refractivity contribution in [3.63, 3.8) is 0 Å². The van der Waals surface area contributed by atoms with Crippen molar-refractivity contribution in [1.82, 2.24) is 0 Å². The first kappa shape index (κ1) is 12.3. The molecule has 0 saturated heterocycles. The summed E-state index contributed by atoms with van der Waals surface area (Å²) in [6.07, 6.45) is 2.65. The topological polar surface area (TPSA) is 35.2 Å². The van der Waals surface area contributed by atoms with Gasteiger partial charge in [0.25, 0.3) is 0 Å². The molecule has 1 aliphatic rings. The Morgan fingerprint density at radius 2 is 2.13 bits per heavy atom. The van der Waals surface area contributed by atoms with Gasteiger partial charge < -0.3 is 10.5 Å². The molecule has 0 bridgehead atoms. The fraction of sp³-hybridized carbons (Fsp3) is 0.500. The zero-order valence-electron chi connectivity index (χ0n) is 9.03. The molecule has 2 nitrogen and oxygen atoms in total. The number of aryl methyl sites for hydroxylation is 1. The van der Waals surface area contributed by atoms with Crippen molar-refractivity contribution in [2.24, 2.45) is 11.7 Å². The predicted octanol–water partition coefficient (Wildman–Crippen LogP) is 2.66. The van der Waals surface area contributed by atoms with Gasteiger partial charge in [0, 0.05) is 12.1 Å². The van der Waals surface area contributed by atoms with E-state index in [0.29, 0.717) is 6.54 Å². The third-order valence-electron chi connectivity index (χ3n) is 2.61. The summed E-state index contributed by atoms with van der Waals surface area (Å²) in [4.78, 5) is 0. The quantitative estimate of drug-likeness (QED) is 0.859. The molecule has 1 saturated carbocycles. The van der Waals surface area contributed by atoms with E-state index in [-0.39, 0.29) is 12.4 Å². The molecular weight excluding hydrogens is 210 g/mol. The summed E-state index contributed by atoms with van der Waals surface area (Å²) >= 11 is 0. The van der Waals surface area contributed by atoms with Gasteiger partial charge in [0.2, 0.25) is 0 Å². The maximum Gasteiger partial charge on any atom is 0.124 e. The molecule has 0 amide bonds. The van der Waals surface area contributed by atoms with E-state index in [4.69, 9.17) is 10.5 Å². The van der Waals surface area contributed by atoms with Crippen molar-refractivity contribution in [3.05, 3.63) is 29.3 Å². The van der Waals surface area contributed by atoms with Gasteiger partial charge in [0.05, 0.1) is 6.61 Å². The number of halogens is 1. The predicted molar refractivity (Wildman–Crippen MR) is 64.5 cm³/mol. The van der Waals surface area contributed by atoms with E-state index in [1.807, 2.05) is 0 Å². The Morgan fingerprint density at radius 1 is 1.40 bits per heavy atom. The van der Waals surface area contributed by atoms with Gasteiger partial charge in [-0.25, -0.2) is 0 Å². The number of rotatable bonds is 4. The molecule has 2 N–H and O–H groups in total. The standard InChI is InChI=1S/C12H17NO.ClH/c1-9-2-5-11(7-13)12(6-9)14-8-10-3-4-10;/h2,5-6,10H,3-4,7-8,13H2,1H3;1H. The molecule has 1 aromatic carbocycles. The summed E-state index contributed by atoms with van der Waals surface area (Å²) < 4.78 is 5.75. The SMILES string of the molecule is Cc1ccc(CN)c(OCC2CC2)c1.Cl. The fourth-order valence-corrected chi connectivity index (χ4v) is 1.46. The summed E-state index contributed by atoms with van der Waals surface area (Å²) in [6, 6.07) is 6.20. The Kier molecular flexibility index (Phi) is 4.43. The Labute approximate surface area is 97.2 Å². The molecule has 0 atom stereocenters. The van der Waals surface area contributed by atoms with Crippen LogP contribution in [0.3, 0.4) is 0 Å². The molecule has 0 heterocycles. The molecule has 2 rings (SSSR count). The van der Waals surface area contributed by atoms with Crippen LogP contribution < -0.4 is 10.5 Å². The zero-order chi connectivity index (χ0) is 9.97. The van der Waals surface area contributed by atoms with Gasteiger partial charge in [-0.3, -0.25) is 0 Å². The Balaban J connectivity index is 0.00000112. The summed E-state index contributed by atoms with van der Waals surface area (Å²) in [5, 5.41) is 0. The molecule has 0 aromatic heterocycles. The van der Waals surface area contributed by atoms with Crippen LogP contribution in [0.5, 0.6) is 5.75 Å². The fourth-order valence-electron chi connectivity index (χ4n) is 1.46. The van der Waals surface area contributed by atoms with Crippen molar-refractivity contribution >= 4 is 12.4 Å². The Morgan fingerprint density at radius 3 is 2.73 bits per heavy atom. The number of benzene rings is 1. The largest absolute Gasteiger partial charge is 0.493 e. The molecule has 0 aliphatic heterocycles. The molecule has 1 fully saturated rings. The van der Waals surface area contributed by atoms with Gasteiger partial charge in [-0.1, -0.05) is 12.1 Å². The number of ether oxygens (including phenoxy) is 1. The highest BCUT2D eigenvalue weighted by Crippen LogP contribution is 2.30. The van der Waals surface area contributed by atoms with E-state index in [0.717, 1.165) is 23.8 Å². The van der Waals surface area contributed by atoms with Crippen LogP contribution in [0.1, 0.15) is 24.0 Å². The van der Waals surface area contributed by atoms with Gasteiger partial charge >= 0.3 is 0 Å². The van der Waals surface area contributed by atoms with Crippen LogP contribution >= 0.6 is 12.4 Å². The summed E-state index contributed by atoms with van der Waals surface area (Å²) in [7, 11) is 0. The average Bonchev–Trinajstić information content (AvgIpc) is 2.98. The molecule has 1 aliphatic carbocycles. The maximum atomic E-state index is 5.75. The lowest BCUT2D eigenvalue weighted by Gasteiger charge is -2.10. The van der Waals surface area contributed by atoms with Crippen molar-refractivity contribution in [2.45, 2.75) is 26.3 Å². The Bertz CT molecular complexity index is 323. The summed E-state index contributed by atoms with van der Waals surface area (Å²) in [5.74, 6) is 1.76. The molecule has 3 heteroatoms. The molecular formula is C12H18ClNO. The average molecular weight is 228 g/mol. The lowest BCUT2D eigenvalue weighted by Crippen LogP contribution is -2.05. The second kappa shape index (κ2) is 5.38. The molecule has 1 aromatic rings.